The zero-order chi connectivity index (χ0) is 21.3. The van der Waals surface area contributed by atoms with Crippen molar-refractivity contribution in [1.82, 2.24) is 9.78 Å². The quantitative estimate of drug-likeness (QED) is 0.175. The SMILES string of the molecule is NC(=S)n1[nH]c(-c2ccc([N+](=O)[O-])cc2)c(N=Nc2c(Br)cc(Br)cc2Br)c1=O. The molecule has 0 saturated carbocycles. The molecule has 0 atom stereocenters. The van der Waals surface area contributed by atoms with Crippen LogP contribution in [0.15, 0.2) is 64.8 Å². The van der Waals surface area contributed by atoms with Crippen LogP contribution in [0.25, 0.3) is 11.3 Å². The zero-order valence-electron chi connectivity index (χ0n) is 14.1. The molecule has 0 fully saturated rings. The van der Waals surface area contributed by atoms with Gasteiger partial charge in [0.15, 0.2) is 10.8 Å². The summed E-state index contributed by atoms with van der Waals surface area (Å²) in [7, 11) is 0. The van der Waals surface area contributed by atoms with Gasteiger partial charge in [-0.2, -0.15) is 4.68 Å². The van der Waals surface area contributed by atoms with E-state index in [2.05, 4.69) is 63.1 Å². The number of halogens is 3. The minimum Gasteiger partial charge on any atom is -0.374 e. The topological polar surface area (TPSA) is 132 Å². The van der Waals surface area contributed by atoms with Crippen molar-refractivity contribution >= 4 is 82.2 Å². The summed E-state index contributed by atoms with van der Waals surface area (Å²) >= 11 is 15.0. The van der Waals surface area contributed by atoms with Crippen molar-refractivity contribution in [3.8, 4) is 11.3 Å². The van der Waals surface area contributed by atoms with Gasteiger partial charge in [0.1, 0.15) is 5.69 Å². The van der Waals surface area contributed by atoms with E-state index in [-0.39, 0.29) is 22.2 Å². The fourth-order valence-electron chi connectivity index (χ4n) is 2.36. The predicted molar refractivity (Wildman–Crippen MR) is 123 cm³/mol. The number of aromatic nitrogens is 2. The summed E-state index contributed by atoms with van der Waals surface area (Å²) in [6.45, 7) is 0. The molecular formula is C16H9Br3N6O3S. The molecule has 0 aliphatic rings. The number of nitro benzene ring substituents is 1. The maximum absolute atomic E-state index is 12.7. The maximum Gasteiger partial charge on any atom is 0.301 e. The van der Waals surface area contributed by atoms with Crippen molar-refractivity contribution in [3.05, 3.63) is 70.3 Å². The van der Waals surface area contributed by atoms with Crippen LogP contribution in [0.5, 0.6) is 0 Å². The Morgan fingerprint density at radius 2 is 1.66 bits per heavy atom. The van der Waals surface area contributed by atoms with E-state index in [9.17, 15) is 14.9 Å². The minimum absolute atomic E-state index is 0.0478. The molecule has 0 spiro atoms. The van der Waals surface area contributed by atoms with E-state index in [0.717, 1.165) is 9.15 Å². The molecule has 148 valence electrons. The van der Waals surface area contributed by atoms with Crippen molar-refractivity contribution in [3.63, 3.8) is 0 Å². The molecule has 3 aromatic rings. The highest BCUT2D eigenvalue weighted by molar-refractivity contribution is 9.11. The average molecular weight is 605 g/mol. The van der Waals surface area contributed by atoms with E-state index in [1.807, 2.05) is 0 Å². The van der Waals surface area contributed by atoms with E-state index in [4.69, 9.17) is 18.0 Å². The maximum atomic E-state index is 12.7. The zero-order valence-corrected chi connectivity index (χ0v) is 19.7. The van der Waals surface area contributed by atoms with Crippen LogP contribution in [-0.4, -0.2) is 19.8 Å². The van der Waals surface area contributed by atoms with Gasteiger partial charge in [-0.25, -0.2) is 0 Å². The van der Waals surface area contributed by atoms with E-state index in [1.54, 1.807) is 12.1 Å². The first kappa shape index (κ1) is 21.5. The number of azo groups is 1. The van der Waals surface area contributed by atoms with Crippen molar-refractivity contribution in [2.45, 2.75) is 0 Å². The molecule has 0 saturated heterocycles. The number of nitrogens with zero attached hydrogens (tertiary/aromatic N) is 4. The molecule has 0 aliphatic heterocycles. The lowest BCUT2D eigenvalue weighted by Gasteiger charge is -2.02. The lowest BCUT2D eigenvalue weighted by Crippen LogP contribution is -2.29. The van der Waals surface area contributed by atoms with Gasteiger partial charge in [-0.05, 0) is 68.3 Å². The standard InChI is InChI=1S/C16H9Br3N6O3S/c17-8-5-10(18)13(11(19)6-8)21-22-14-12(23-24(15(14)26)16(20)29)7-1-3-9(4-2-7)25(27)28/h1-6,23H,(H2,20,29). The summed E-state index contributed by atoms with van der Waals surface area (Å²) < 4.78 is 3.06. The first-order valence-corrected chi connectivity index (χ1v) is 10.4. The fourth-order valence-corrected chi connectivity index (χ4v) is 4.90. The van der Waals surface area contributed by atoms with Crippen molar-refractivity contribution < 1.29 is 4.92 Å². The van der Waals surface area contributed by atoms with Crippen LogP contribution < -0.4 is 11.3 Å². The Labute approximate surface area is 193 Å². The van der Waals surface area contributed by atoms with E-state index < -0.39 is 10.5 Å². The summed E-state index contributed by atoms with van der Waals surface area (Å²) in [5.74, 6) is 0. The summed E-state index contributed by atoms with van der Waals surface area (Å²) in [5, 5.41) is 21.7. The van der Waals surface area contributed by atoms with Crippen molar-refractivity contribution in [1.29, 1.82) is 0 Å². The minimum atomic E-state index is -0.598. The second-order valence-corrected chi connectivity index (χ2v) is 8.58. The number of hydrogen-bond acceptors (Lipinski definition) is 6. The largest absolute Gasteiger partial charge is 0.374 e. The van der Waals surface area contributed by atoms with E-state index in [0.29, 0.717) is 20.2 Å². The van der Waals surface area contributed by atoms with Gasteiger partial charge in [-0.3, -0.25) is 20.0 Å². The Hall–Kier alpha value is -2.22. The van der Waals surface area contributed by atoms with Crippen LogP contribution in [-0.2, 0) is 0 Å². The van der Waals surface area contributed by atoms with Crippen molar-refractivity contribution in [2.24, 2.45) is 16.0 Å². The monoisotopic (exact) mass is 602 g/mol. The number of aromatic amines is 1. The first-order valence-electron chi connectivity index (χ1n) is 7.65. The van der Waals surface area contributed by atoms with Gasteiger partial charge >= 0.3 is 5.56 Å². The van der Waals surface area contributed by atoms with Crippen LogP contribution in [0.3, 0.4) is 0 Å². The van der Waals surface area contributed by atoms with Gasteiger partial charge in [-0.15, -0.1) is 10.2 Å². The third-order valence-electron chi connectivity index (χ3n) is 3.68. The second kappa shape index (κ2) is 8.65. The van der Waals surface area contributed by atoms with Gasteiger partial charge in [-0.1, -0.05) is 15.9 Å². The van der Waals surface area contributed by atoms with Gasteiger partial charge < -0.3 is 5.73 Å². The number of nitrogens with two attached hydrogens (primary N) is 1. The van der Waals surface area contributed by atoms with Crippen LogP contribution in [0.4, 0.5) is 17.1 Å². The Morgan fingerprint density at radius 3 is 2.17 bits per heavy atom. The van der Waals surface area contributed by atoms with Crippen LogP contribution in [0.2, 0.25) is 0 Å². The molecule has 0 amide bonds. The molecular weight excluding hydrogens is 596 g/mol. The Bertz CT molecular complexity index is 1200. The number of rotatable bonds is 4. The van der Waals surface area contributed by atoms with Gasteiger partial charge in [0.2, 0.25) is 0 Å². The van der Waals surface area contributed by atoms with E-state index >= 15 is 0 Å². The number of nitro groups is 1. The van der Waals surface area contributed by atoms with Crippen LogP contribution in [0.1, 0.15) is 0 Å². The lowest BCUT2D eigenvalue weighted by molar-refractivity contribution is -0.384. The third kappa shape index (κ3) is 4.52. The molecule has 0 unspecified atom stereocenters. The van der Waals surface area contributed by atoms with Gasteiger partial charge in [0.05, 0.1) is 10.6 Å². The highest BCUT2D eigenvalue weighted by Gasteiger charge is 2.18. The smallest absolute Gasteiger partial charge is 0.301 e. The third-order valence-corrected chi connectivity index (χ3v) is 5.53. The molecule has 13 heteroatoms. The Kier molecular flexibility index (Phi) is 6.41. The molecule has 1 aromatic heterocycles. The average Bonchev–Trinajstić information content (AvgIpc) is 2.98. The van der Waals surface area contributed by atoms with Gasteiger partial charge in [0.25, 0.3) is 5.69 Å². The molecule has 0 aliphatic carbocycles. The number of H-pyrrole nitrogens is 1. The normalized spacial score (nSPS) is 11.1. The number of thiocarbonyl (C=S) groups is 1. The van der Waals surface area contributed by atoms with Crippen molar-refractivity contribution in [2.75, 3.05) is 0 Å². The number of benzene rings is 2. The molecule has 1 heterocycles. The first-order chi connectivity index (χ1) is 13.7. The molecule has 3 N–H and O–H groups in total. The highest BCUT2D eigenvalue weighted by atomic mass is 79.9. The fraction of sp³-hybridized carbons (Fsp3) is 0. The molecule has 0 bridgehead atoms. The molecule has 3 rings (SSSR count). The number of non-ortho nitro benzene ring substituents is 1. The summed E-state index contributed by atoms with van der Waals surface area (Å²) in [6.07, 6.45) is 0. The predicted octanol–water partition coefficient (Wildman–Crippen LogP) is 5.55. The summed E-state index contributed by atoms with van der Waals surface area (Å²) in [4.78, 5) is 23.1. The molecule has 2 aromatic carbocycles. The Morgan fingerprint density at radius 1 is 1.10 bits per heavy atom. The van der Waals surface area contributed by atoms with Gasteiger partial charge in [0, 0.05) is 31.1 Å². The summed E-state index contributed by atoms with van der Waals surface area (Å²) in [6, 6.07) is 9.15. The number of hydrogen-bond donors (Lipinski definition) is 2. The highest BCUT2D eigenvalue weighted by Crippen LogP contribution is 2.38. The Balaban J connectivity index is 2.14. The van der Waals surface area contributed by atoms with Crippen LogP contribution in [0, 0.1) is 10.1 Å². The molecule has 0 radical (unpaired) electrons. The summed E-state index contributed by atoms with van der Waals surface area (Å²) in [5.41, 5.74) is 6.07. The van der Waals surface area contributed by atoms with E-state index in [1.165, 1.54) is 24.3 Å². The molecule has 29 heavy (non-hydrogen) atoms. The number of nitrogens with one attached hydrogen (secondary N) is 1. The van der Waals surface area contributed by atoms with Crippen LogP contribution >= 0.6 is 60.0 Å². The second-order valence-electron chi connectivity index (χ2n) is 5.54. The molecule has 9 nitrogen and oxygen atoms in total. The lowest BCUT2D eigenvalue weighted by atomic mass is 10.1.